The van der Waals surface area contributed by atoms with E-state index in [4.69, 9.17) is 0 Å². The molecule has 2 heterocycles. The lowest BCUT2D eigenvalue weighted by Gasteiger charge is -2.04. The van der Waals surface area contributed by atoms with Crippen LogP contribution in [-0.2, 0) is 6.42 Å². The smallest absolute Gasteiger partial charge is 0.303 e. The Kier molecular flexibility index (Phi) is 4.85. The molecule has 0 unspecified atom stereocenters. The van der Waals surface area contributed by atoms with Crippen LogP contribution in [0.4, 0.5) is 10.7 Å². The van der Waals surface area contributed by atoms with Gasteiger partial charge in [0.15, 0.2) is 5.00 Å². The number of aromatic nitrogens is 1. The van der Waals surface area contributed by atoms with Crippen molar-refractivity contribution in [3.63, 3.8) is 0 Å². The number of aryl methyl sites for hydroxylation is 1. The minimum Gasteiger partial charge on any atom is -0.371 e. The summed E-state index contributed by atoms with van der Waals surface area (Å²) in [4.78, 5) is 14.3. The van der Waals surface area contributed by atoms with Crippen molar-refractivity contribution in [3.8, 4) is 0 Å². The Morgan fingerprint density at radius 3 is 2.79 bits per heavy atom. The maximum absolute atomic E-state index is 10.7. The highest BCUT2D eigenvalue weighted by Gasteiger charge is 2.13. The lowest BCUT2D eigenvalue weighted by molar-refractivity contribution is -0.383. The van der Waals surface area contributed by atoms with E-state index in [2.05, 4.69) is 10.3 Å². The lowest BCUT2D eigenvalue weighted by atomic mass is 10.1. The third kappa shape index (κ3) is 4.03. The molecule has 0 spiro atoms. The molecule has 2 aromatic heterocycles. The summed E-state index contributed by atoms with van der Waals surface area (Å²) in [5.74, 6) is 0. The molecule has 0 atom stereocenters. The number of rotatable bonds is 7. The van der Waals surface area contributed by atoms with E-state index in [1.54, 1.807) is 17.8 Å². The predicted octanol–water partition coefficient (Wildman–Crippen LogP) is 3.49. The van der Waals surface area contributed by atoms with E-state index in [9.17, 15) is 10.1 Å². The minimum absolute atomic E-state index is 0.166. The van der Waals surface area contributed by atoms with Gasteiger partial charge in [0.05, 0.1) is 4.92 Å². The molecule has 2 rings (SSSR count). The molecular weight excluding hydrogens is 262 g/mol. The van der Waals surface area contributed by atoms with Gasteiger partial charge in [0.2, 0.25) is 0 Å². The molecule has 0 aromatic carbocycles. The first kappa shape index (κ1) is 13.5. The number of anilines is 1. The van der Waals surface area contributed by atoms with Crippen LogP contribution in [0.25, 0.3) is 0 Å². The molecular formula is C13H15N3O2S. The normalized spacial score (nSPS) is 10.3. The molecule has 5 nitrogen and oxygen atoms in total. The predicted molar refractivity (Wildman–Crippen MR) is 76.6 cm³/mol. The number of pyridine rings is 1. The molecule has 0 bridgehead atoms. The van der Waals surface area contributed by atoms with E-state index >= 15 is 0 Å². The van der Waals surface area contributed by atoms with Crippen molar-refractivity contribution in [1.82, 2.24) is 4.98 Å². The zero-order chi connectivity index (χ0) is 13.5. The van der Waals surface area contributed by atoms with E-state index in [-0.39, 0.29) is 10.6 Å². The number of hydrogen-bond donors (Lipinski definition) is 1. The number of thiophene rings is 1. The summed E-state index contributed by atoms with van der Waals surface area (Å²) in [6.07, 6.45) is 6.63. The fourth-order valence-electron chi connectivity index (χ4n) is 1.78. The van der Waals surface area contributed by atoms with E-state index < -0.39 is 0 Å². The summed E-state index contributed by atoms with van der Waals surface area (Å²) in [5, 5.41) is 16.2. The highest BCUT2D eigenvalue weighted by Crippen LogP contribution is 2.30. The fraction of sp³-hybridized carbons (Fsp3) is 0.308. The highest BCUT2D eigenvalue weighted by molar-refractivity contribution is 7.14. The fourth-order valence-corrected chi connectivity index (χ4v) is 2.57. The van der Waals surface area contributed by atoms with Crippen LogP contribution in [0.15, 0.2) is 36.0 Å². The van der Waals surface area contributed by atoms with Crippen LogP contribution in [0, 0.1) is 10.1 Å². The van der Waals surface area contributed by atoms with Crippen molar-refractivity contribution in [3.05, 3.63) is 51.7 Å². The molecule has 0 radical (unpaired) electrons. The van der Waals surface area contributed by atoms with Gasteiger partial charge in [0.1, 0.15) is 0 Å². The Balaban J connectivity index is 1.70. The van der Waals surface area contributed by atoms with Gasteiger partial charge in [-0.3, -0.25) is 15.1 Å². The van der Waals surface area contributed by atoms with Crippen LogP contribution in [0.1, 0.15) is 18.4 Å². The maximum Gasteiger partial charge on any atom is 0.303 e. The quantitative estimate of drug-likeness (QED) is 0.478. The topological polar surface area (TPSA) is 68.1 Å². The standard InChI is InChI=1S/C13H15N3O2S/c17-16(18)12-6-10-19-13(12)15-7-2-1-3-11-4-8-14-9-5-11/h4-6,8-10,15H,1-3,7H2. The monoisotopic (exact) mass is 277 g/mol. The second-order valence-electron chi connectivity index (χ2n) is 4.13. The Hall–Kier alpha value is -1.95. The van der Waals surface area contributed by atoms with Crippen molar-refractivity contribution in [2.45, 2.75) is 19.3 Å². The molecule has 100 valence electrons. The van der Waals surface area contributed by atoms with E-state index in [1.807, 2.05) is 12.1 Å². The zero-order valence-electron chi connectivity index (χ0n) is 10.4. The number of unbranched alkanes of at least 4 members (excludes halogenated alkanes) is 1. The third-order valence-electron chi connectivity index (χ3n) is 2.77. The summed E-state index contributed by atoms with van der Waals surface area (Å²) in [6, 6.07) is 5.55. The SMILES string of the molecule is O=[N+]([O-])c1ccsc1NCCCCc1ccncc1. The highest BCUT2D eigenvalue weighted by atomic mass is 32.1. The second kappa shape index (κ2) is 6.84. The van der Waals surface area contributed by atoms with Crippen LogP contribution in [0.5, 0.6) is 0 Å². The first-order valence-corrected chi connectivity index (χ1v) is 7.00. The molecule has 0 saturated heterocycles. The average Bonchev–Trinajstić information content (AvgIpc) is 2.88. The summed E-state index contributed by atoms with van der Waals surface area (Å²) < 4.78 is 0. The molecule has 0 aliphatic rings. The van der Waals surface area contributed by atoms with Gasteiger partial charge in [-0.05, 0) is 42.3 Å². The second-order valence-corrected chi connectivity index (χ2v) is 5.05. The summed E-state index contributed by atoms with van der Waals surface area (Å²) in [7, 11) is 0. The van der Waals surface area contributed by atoms with Gasteiger partial charge in [-0.15, -0.1) is 11.3 Å². The molecule has 2 aromatic rings. The Morgan fingerprint density at radius 1 is 1.26 bits per heavy atom. The van der Waals surface area contributed by atoms with Gasteiger partial charge >= 0.3 is 5.69 Å². The van der Waals surface area contributed by atoms with Gasteiger partial charge in [-0.25, -0.2) is 0 Å². The van der Waals surface area contributed by atoms with E-state index in [0.717, 1.165) is 25.8 Å². The first-order chi connectivity index (χ1) is 9.27. The summed E-state index contributed by atoms with van der Waals surface area (Å²) in [6.45, 7) is 0.756. The van der Waals surface area contributed by atoms with Crippen molar-refractivity contribution < 1.29 is 4.92 Å². The van der Waals surface area contributed by atoms with Gasteiger partial charge < -0.3 is 5.32 Å². The number of hydrogen-bond acceptors (Lipinski definition) is 5. The van der Waals surface area contributed by atoms with Crippen molar-refractivity contribution in [1.29, 1.82) is 0 Å². The largest absolute Gasteiger partial charge is 0.371 e. The minimum atomic E-state index is -0.351. The lowest BCUT2D eigenvalue weighted by Crippen LogP contribution is -2.02. The molecule has 19 heavy (non-hydrogen) atoms. The number of nitrogens with zero attached hydrogens (tertiary/aromatic N) is 2. The van der Waals surface area contributed by atoms with Gasteiger partial charge in [-0.2, -0.15) is 0 Å². The zero-order valence-corrected chi connectivity index (χ0v) is 11.2. The van der Waals surface area contributed by atoms with Gasteiger partial charge in [-0.1, -0.05) is 0 Å². The molecule has 0 fully saturated rings. The molecule has 0 amide bonds. The van der Waals surface area contributed by atoms with Crippen LogP contribution in [0.2, 0.25) is 0 Å². The van der Waals surface area contributed by atoms with Crippen LogP contribution < -0.4 is 5.32 Å². The number of nitro groups is 1. The Bertz CT molecular complexity index is 528. The molecule has 0 aliphatic heterocycles. The molecule has 6 heteroatoms. The van der Waals surface area contributed by atoms with Gasteiger partial charge in [0.25, 0.3) is 0 Å². The van der Waals surface area contributed by atoms with E-state index in [1.165, 1.54) is 23.0 Å². The third-order valence-corrected chi connectivity index (χ3v) is 3.63. The first-order valence-electron chi connectivity index (χ1n) is 6.12. The van der Waals surface area contributed by atoms with Crippen molar-refractivity contribution in [2.24, 2.45) is 0 Å². The van der Waals surface area contributed by atoms with Crippen LogP contribution >= 0.6 is 11.3 Å². The van der Waals surface area contributed by atoms with Crippen LogP contribution in [0.3, 0.4) is 0 Å². The van der Waals surface area contributed by atoms with Gasteiger partial charge in [0, 0.05) is 25.0 Å². The van der Waals surface area contributed by atoms with Crippen LogP contribution in [-0.4, -0.2) is 16.5 Å². The molecule has 0 aliphatic carbocycles. The Morgan fingerprint density at radius 2 is 2.05 bits per heavy atom. The summed E-state index contributed by atoms with van der Waals surface area (Å²) in [5.41, 5.74) is 1.44. The van der Waals surface area contributed by atoms with Crippen molar-refractivity contribution >= 4 is 22.0 Å². The average molecular weight is 277 g/mol. The van der Waals surface area contributed by atoms with Crippen molar-refractivity contribution in [2.75, 3.05) is 11.9 Å². The Labute approximate surface area is 115 Å². The summed E-state index contributed by atoms with van der Waals surface area (Å²) >= 11 is 1.37. The molecule has 0 saturated carbocycles. The van der Waals surface area contributed by atoms with E-state index in [0.29, 0.717) is 5.00 Å². The number of nitrogens with one attached hydrogen (secondary N) is 1. The molecule has 1 N–H and O–H groups in total. The maximum atomic E-state index is 10.7.